The number of hydrogen-bond acceptors (Lipinski definition) is 10. The molecule has 0 aromatic rings. The van der Waals surface area contributed by atoms with Crippen LogP contribution in [0, 0.1) is 0 Å². The second-order valence-electron chi connectivity index (χ2n) is 7.50. The molecule has 10 heteroatoms. The summed E-state index contributed by atoms with van der Waals surface area (Å²) in [5.41, 5.74) is 0. The first-order chi connectivity index (χ1) is 13.8. The quantitative estimate of drug-likeness (QED) is 0.179. The summed E-state index contributed by atoms with van der Waals surface area (Å²) in [7, 11) is 0. The molecule has 170 valence electrons. The summed E-state index contributed by atoms with van der Waals surface area (Å²) in [5.74, 6) is 0. The van der Waals surface area contributed by atoms with Crippen LogP contribution >= 0.6 is 0 Å². The van der Waals surface area contributed by atoms with Crippen LogP contribution in [0.1, 0.15) is 32.6 Å². The highest BCUT2D eigenvalue weighted by Gasteiger charge is 2.46. The molecule has 2 aliphatic heterocycles. The summed E-state index contributed by atoms with van der Waals surface area (Å²) in [6, 6.07) is 0. The van der Waals surface area contributed by atoms with Crippen LogP contribution in [0.3, 0.4) is 0 Å². The SMILES string of the molecule is C=C[C@@H](CCCCC)O[C@@H]1O[C@H](CO[C@@H]2OC[C@H](O)[C@H](O)[C@H]2O)[C@@H](O)[C@H](O)[C@H]1O. The highest BCUT2D eigenvalue weighted by Crippen LogP contribution is 2.26. The van der Waals surface area contributed by atoms with Gasteiger partial charge in [0.15, 0.2) is 12.6 Å². The molecule has 0 radical (unpaired) electrons. The summed E-state index contributed by atoms with van der Waals surface area (Å²) in [5, 5.41) is 59.6. The van der Waals surface area contributed by atoms with Crippen LogP contribution in [0.2, 0.25) is 0 Å². The van der Waals surface area contributed by atoms with Gasteiger partial charge >= 0.3 is 0 Å². The van der Waals surface area contributed by atoms with Crippen molar-refractivity contribution in [3.05, 3.63) is 12.7 Å². The van der Waals surface area contributed by atoms with E-state index in [2.05, 4.69) is 13.5 Å². The number of hydrogen-bond donors (Lipinski definition) is 6. The topological polar surface area (TPSA) is 158 Å². The summed E-state index contributed by atoms with van der Waals surface area (Å²) >= 11 is 0. The van der Waals surface area contributed by atoms with Gasteiger partial charge in [0.2, 0.25) is 0 Å². The Kier molecular flexibility index (Phi) is 9.89. The van der Waals surface area contributed by atoms with Gasteiger partial charge in [-0.2, -0.15) is 0 Å². The van der Waals surface area contributed by atoms with Crippen LogP contribution < -0.4 is 0 Å². The lowest BCUT2D eigenvalue weighted by molar-refractivity contribution is -0.325. The van der Waals surface area contributed by atoms with E-state index >= 15 is 0 Å². The van der Waals surface area contributed by atoms with E-state index in [0.29, 0.717) is 6.42 Å². The van der Waals surface area contributed by atoms with E-state index in [1.807, 2.05) is 0 Å². The molecule has 2 rings (SSSR count). The number of aliphatic hydroxyl groups is 6. The minimum atomic E-state index is -1.53. The van der Waals surface area contributed by atoms with Gasteiger partial charge in [-0.1, -0.05) is 32.3 Å². The normalized spacial score (nSPS) is 41.8. The van der Waals surface area contributed by atoms with Crippen molar-refractivity contribution in [1.29, 1.82) is 0 Å². The first-order valence-corrected chi connectivity index (χ1v) is 10.0. The van der Waals surface area contributed by atoms with Crippen LogP contribution in [0.25, 0.3) is 0 Å². The smallest absolute Gasteiger partial charge is 0.187 e. The van der Waals surface area contributed by atoms with E-state index in [1.54, 1.807) is 6.08 Å². The van der Waals surface area contributed by atoms with Gasteiger partial charge in [-0.3, -0.25) is 0 Å². The molecule has 0 aromatic heterocycles. The summed E-state index contributed by atoms with van der Waals surface area (Å²) < 4.78 is 21.8. The molecule has 2 fully saturated rings. The van der Waals surface area contributed by atoms with Crippen molar-refractivity contribution in [3.63, 3.8) is 0 Å². The van der Waals surface area contributed by atoms with Gasteiger partial charge in [-0.05, 0) is 6.42 Å². The lowest BCUT2D eigenvalue weighted by Crippen LogP contribution is -2.60. The lowest BCUT2D eigenvalue weighted by atomic mass is 9.99. The Labute approximate surface area is 170 Å². The van der Waals surface area contributed by atoms with E-state index in [9.17, 15) is 30.6 Å². The van der Waals surface area contributed by atoms with Crippen molar-refractivity contribution < 1.29 is 49.6 Å². The number of unbranched alkanes of at least 4 members (excludes halogenated alkanes) is 2. The molecular weight excluding hydrogens is 388 g/mol. The van der Waals surface area contributed by atoms with Crippen molar-refractivity contribution in [2.24, 2.45) is 0 Å². The van der Waals surface area contributed by atoms with Crippen LogP contribution in [0.4, 0.5) is 0 Å². The molecule has 2 saturated heterocycles. The van der Waals surface area contributed by atoms with Crippen molar-refractivity contribution in [3.8, 4) is 0 Å². The fourth-order valence-electron chi connectivity index (χ4n) is 3.29. The number of rotatable bonds is 10. The van der Waals surface area contributed by atoms with Gasteiger partial charge < -0.3 is 49.6 Å². The zero-order chi connectivity index (χ0) is 21.6. The average molecular weight is 422 g/mol. The third-order valence-electron chi connectivity index (χ3n) is 5.21. The van der Waals surface area contributed by atoms with Crippen LogP contribution in [0.5, 0.6) is 0 Å². The number of ether oxygens (including phenoxy) is 4. The Balaban J connectivity index is 1.93. The van der Waals surface area contributed by atoms with Crippen LogP contribution in [0.15, 0.2) is 12.7 Å². The third kappa shape index (κ3) is 6.41. The molecule has 0 aromatic carbocycles. The lowest BCUT2D eigenvalue weighted by Gasteiger charge is -2.42. The van der Waals surface area contributed by atoms with Crippen molar-refractivity contribution >= 4 is 0 Å². The fraction of sp³-hybridized carbons (Fsp3) is 0.895. The second-order valence-corrected chi connectivity index (χ2v) is 7.50. The van der Waals surface area contributed by atoms with E-state index < -0.39 is 61.4 Å². The molecule has 0 bridgehead atoms. The predicted octanol–water partition coefficient (Wildman–Crippen LogP) is -1.60. The Hall–Kier alpha value is -0.660. The standard InChI is InChI=1S/C19H34O10/c1-3-5-6-7-10(4-2)28-19-17(25)15(23)14(22)12(29-19)9-27-18-16(24)13(21)11(20)8-26-18/h4,10-25H,2-3,5-9H2,1H3/t10-,11-,12+,13-,14+,15-,16+,17+,18-,19+/m0/s1. The van der Waals surface area contributed by atoms with Crippen molar-refractivity contribution in [2.45, 2.75) is 94.0 Å². The molecular formula is C19H34O10. The maximum Gasteiger partial charge on any atom is 0.187 e. The van der Waals surface area contributed by atoms with E-state index in [4.69, 9.17) is 18.9 Å². The first-order valence-electron chi connectivity index (χ1n) is 10.0. The van der Waals surface area contributed by atoms with E-state index in [1.165, 1.54) is 0 Å². The van der Waals surface area contributed by atoms with Crippen molar-refractivity contribution in [2.75, 3.05) is 13.2 Å². The average Bonchev–Trinajstić information content (AvgIpc) is 2.71. The monoisotopic (exact) mass is 422 g/mol. The van der Waals surface area contributed by atoms with Gasteiger partial charge in [0, 0.05) is 0 Å². The molecule has 10 nitrogen and oxygen atoms in total. The molecule has 29 heavy (non-hydrogen) atoms. The molecule has 2 heterocycles. The van der Waals surface area contributed by atoms with E-state index in [-0.39, 0.29) is 13.2 Å². The molecule has 2 aliphatic rings. The largest absolute Gasteiger partial charge is 0.388 e. The molecule has 10 atom stereocenters. The maximum absolute atomic E-state index is 10.2. The maximum atomic E-state index is 10.2. The Morgan fingerprint density at radius 3 is 2.31 bits per heavy atom. The van der Waals surface area contributed by atoms with E-state index in [0.717, 1.165) is 19.3 Å². The zero-order valence-corrected chi connectivity index (χ0v) is 16.6. The number of aliphatic hydroxyl groups excluding tert-OH is 6. The Bertz CT molecular complexity index is 492. The van der Waals surface area contributed by atoms with Crippen LogP contribution in [-0.2, 0) is 18.9 Å². The Morgan fingerprint density at radius 1 is 0.966 bits per heavy atom. The van der Waals surface area contributed by atoms with Gasteiger partial charge in [-0.15, -0.1) is 6.58 Å². The summed E-state index contributed by atoms with van der Waals surface area (Å²) in [6.07, 6.45) is -7.36. The molecule has 0 amide bonds. The predicted molar refractivity (Wildman–Crippen MR) is 99.6 cm³/mol. The minimum absolute atomic E-state index is 0.233. The van der Waals surface area contributed by atoms with Gasteiger partial charge in [0.1, 0.15) is 42.7 Å². The molecule has 0 spiro atoms. The molecule has 0 saturated carbocycles. The minimum Gasteiger partial charge on any atom is -0.388 e. The molecule has 6 N–H and O–H groups in total. The molecule has 0 aliphatic carbocycles. The van der Waals surface area contributed by atoms with Gasteiger partial charge in [0.05, 0.1) is 19.3 Å². The fourth-order valence-corrected chi connectivity index (χ4v) is 3.29. The highest BCUT2D eigenvalue weighted by atomic mass is 16.7. The molecule has 0 unspecified atom stereocenters. The van der Waals surface area contributed by atoms with Crippen LogP contribution in [-0.4, -0.2) is 105 Å². The summed E-state index contributed by atoms with van der Waals surface area (Å²) in [4.78, 5) is 0. The van der Waals surface area contributed by atoms with Gasteiger partial charge in [0.25, 0.3) is 0 Å². The third-order valence-corrected chi connectivity index (χ3v) is 5.21. The zero-order valence-electron chi connectivity index (χ0n) is 16.6. The summed E-state index contributed by atoms with van der Waals surface area (Å²) in [6.45, 7) is 5.24. The van der Waals surface area contributed by atoms with Gasteiger partial charge in [-0.25, -0.2) is 0 Å². The Morgan fingerprint density at radius 2 is 1.66 bits per heavy atom. The van der Waals surface area contributed by atoms with Crippen molar-refractivity contribution in [1.82, 2.24) is 0 Å². The second kappa shape index (κ2) is 11.7. The first kappa shape index (κ1) is 24.6. The highest BCUT2D eigenvalue weighted by molar-refractivity contribution is 4.91.